The number of anilines is 2. The van der Waals surface area contributed by atoms with Gasteiger partial charge in [0, 0.05) is 47.0 Å². The fraction of sp³-hybridized carbons (Fsp3) is 0.133. The molecule has 9 nitrogen and oxygen atoms in total. The Morgan fingerprint density at radius 3 is 2.50 bits per heavy atom. The molecule has 0 unspecified atom stereocenters. The van der Waals surface area contributed by atoms with E-state index < -0.39 is 23.1 Å². The van der Waals surface area contributed by atoms with Gasteiger partial charge in [-0.3, -0.25) is 19.2 Å². The van der Waals surface area contributed by atoms with Crippen LogP contribution in [-0.2, 0) is 16.0 Å². The van der Waals surface area contributed by atoms with Gasteiger partial charge in [0.2, 0.25) is 5.43 Å². The number of halogens is 1. The maximum absolute atomic E-state index is 13.3. The first kappa shape index (κ1) is 26.4. The maximum Gasteiger partial charge on any atom is 0.303 e. The monoisotopic (exact) mass is 540 g/mol. The van der Waals surface area contributed by atoms with E-state index in [9.17, 15) is 23.6 Å². The first-order chi connectivity index (χ1) is 19.1. The van der Waals surface area contributed by atoms with Gasteiger partial charge in [-0.25, -0.2) is 4.39 Å². The van der Waals surface area contributed by atoms with Crippen LogP contribution in [-0.4, -0.2) is 32.9 Å². The molecule has 2 amide bonds. The SMILES string of the molecule is Cc1[nH]c(/C=C2\C(=O)Nc3cc(NC(=O)c4c[nH]cc(-c5ccc(F)cc5)c4=O)ccc32)c(C)c1CCC(=O)O. The Morgan fingerprint density at radius 2 is 1.77 bits per heavy atom. The third kappa shape index (κ3) is 5.06. The summed E-state index contributed by atoms with van der Waals surface area (Å²) in [6, 6.07) is 10.3. The molecule has 0 bridgehead atoms. The van der Waals surface area contributed by atoms with Crippen molar-refractivity contribution in [3.05, 3.63) is 105 Å². The number of hydrogen-bond donors (Lipinski definition) is 5. The summed E-state index contributed by atoms with van der Waals surface area (Å²) in [5.74, 6) is -2.27. The fourth-order valence-corrected chi connectivity index (χ4v) is 4.82. The van der Waals surface area contributed by atoms with Gasteiger partial charge in [0.05, 0.1) is 11.3 Å². The van der Waals surface area contributed by atoms with Crippen LogP contribution >= 0.6 is 0 Å². The van der Waals surface area contributed by atoms with Crippen LogP contribution in [0.15, 0.2) is 59.7 Å². The average molecular weight is 541 g/mol. The summed E-state index contributed by atoms with van der Waals surface area (Å²) in [4.78, 5) is 55.8. The van der Waals surface area contributed by atoms with Crippen molar-refractivity contribution in [2.45, 2.75) is 26.7 Å². The van der Waals surface area contributed by atoms with Crippen LogP contribution in [0.2, 0.25) is 0 Å². The lowest BCUT2D eigenvalue weighted by molar-refractivity contribution is -0.137. The smallest absolute Gasteiger partial charge is 0.303 e. The minimum atomic E-state index is -0.878. The molecule has 0 spiro atoms. The van der Waals surface area contributed by atoms with Crippen LogP contribution in [0.5, 0.6) is 0 Å². The zero-order valence-electron chi connectivity index (χ0n) is 21.6. The molecule has 4 aromatic rings. The Hall–Kier alpha value is -5.25. The first-order valence-electron chi connectivity index (χ1n) is 12.5. The Labute approximate surface area is 227 Å². The molecule has 5 rings (SSSR count). The predicted molar refractivity (Wildman–Crippen MR) is 150 cm³/mol. The lowest BCUT2D eigenvalue weighted by atomic mass is 10.0. The van der Waals surface area contributed by atoms with Crippen LogP contribution in [0.4, 0.5) is 15.8 Å². The minimum Gasteiger partial charge on any atom is -0.481 e. The molecule has 0 saturated carbocycles. The third-order valence-corrected chi connectivity index (χ3v) is 6.91. The highest BCUT2D eigenvalue weighted by molar-refractivity contribution is 6.35. The highest BCUT2D eigenvalue weighted by Gasteiger charge is 2.26. The van der Waals surface area contributed by atoms with E-state index in [0.717, 1.165) is 16.8 Å². The molecule has 0 fully saturated rings. The number of carboxylic acids is 1. The zero-order chi connectivity index (χ0) is 28.6. The number of aliphatic carboxylic acids is 1. The summed E-state index contributed by atoms with van der Waals surface area (Å²) >= 11 is 0. The number of amides is 2. The van der Waals surface area contributed by atoms with Crippen molar-refractivity contribution in [3.63, 3.8) is 0 Å². The summed E-state index contributed by atoms with van der Waals surface area (Å²) in [5, 5.41) is 14.5. The normalized spacial score (nSPS) is 13.3. The van der Waals surface area contributed by atoms with Crippen LogP contribution in [0, 0.1) is 19.7 Å². The van der Waals surface area contributed by atoms with E-state index in [-0.39, 0.29) is 23.5 Å². The van der Waals surface area contributed by atoms with E-state index in [1.165, 1.54) is 36.7 Å². The fourth-order valence-electron chi connectivity index (χ4n) is 4.82. The third-order valence-electron chi connectivity index (χ3n) is 6.91. The molecule has 1 aliphatic rings. The molecule has 10 heteroatoms. The Morgan fingerprint density at radius 1 is 1.02 bits per heavy atom. The highest BCUT2D eigenvalue weighted by atomic mass is 19.1. The lowest BCUT2D eigenvalue weighted by Gasteiger charge is -2.08. The van der Waals surface area contributed by atoms with Gasteiger partial charge >= 0.3 is 5.97 Å². The Kier molecular flexibility index (Phi) is 6.91. The molecule has 202 valence electrons. The number of aromatic amines is 2. The highest BCUT2D eigenvalue weighted by Crippen LogP contribution is 2.36. The largest absolute Gasteiger partial charge is 0.481 e. The van der Waals surface area contributed by atoms with E-state index in [2.05, 4.69) is 20.6 Å². The number of pyridine rings is 1. The summed E-state index contributed by atoms with van der Waals surface area (Å²) < 4.78 is 13.3. The van der Waals surface area contributed by atoms with Crippen molar-refractivity contribution in [2.75, 3.05) is 10.6 Å². The average Bonchev–Trinajstić information content (AvgIpc) is 3.36. The van der Waals surface area contributed by atoms with E-state index in [4.69, 9.17) is 5.11 Å². The number of carboxylic acid groups (broad SMARTS) is 1. The van der Waals surface area contributed by atoms with Crippen LogP contribution in [0.3, 0.4) is 0 Å². The molecular weight excluding hydrogens is 515 g/mol. The molecular formula is C30H25FN4O5. The first-order valence-corrected chi connectivity index (χ1v) is 12.5. The number of benzene rings is 2. The van der Waals surface area contributed by atoms with Gasteiger partial charge in [-0.1, -0.05) is 18.2 Å². The van der Waals surface area contributed by atoms with Crippen LogP contribution < -0.4 is 16.1 Å². The van der Waals surface area contributed by atoms with Crippen molar-refractivity contribution in [2.24, 2.45) is 0 Å². The van der Waals surface area contributed by atoms with Crippen molar-refractivity contribution in [1.29, 1.82) is 0 Å². The number of nitrogens with one attached hydrogen (secondary N) is 4. The van der Waals surface area contributed by atoms with E-state index in [1.807, 2.05) is 13.8 Å². The second-order valence-electron chi connectivity index (χ2n) is 9.51. The Balaban J connectivity index is 1.39. The topological polar surface area (TPSA) is 144 Å². The molecule has 3 heterocycles. The quantitative estimate of drug-likeness (QED) is 0.212. The van der Waals surface area contributed by atoms with Crippen molar-refractivity contribution < 1.29 is 23.9 Å². The van der Waals surface area contributed by atoms with Crippen molar-refractivity contribution in [3.8, 4) is 11.1 Å². The van der Waals surface area contributed by atoms with Crippen LogP contribution in [0.25, 0.3) is 22.8 Å². The molecule has 1 aliphatic heterocycles. The molecule has 0 radical (unpaired) electrons. The minimum absolute atomic E-state index is 0.00968. The number of fused-ring (bicyclic) bond motifs is 1. The van der Waals surface area contributed by atoms with Crippen molar-refractivity contribution >= 4 is 40.8 Å². The summed E-state index contributed by atoms with van der Waals surface area (Å²) in [5.41, 5.74) is 5.34. The molecule has 0 aliphatic carbocycles. The van der Waals surface area contributed by atoms with Gasteiger partial charge in [-0.15, -0.1) is 0 Å². The van der Waals surface area contributed by atoms with Gasteiger partial charge in [0.25, 0.3) is 11.8 Å². The molecule has 0 atom stereocenters. The summed E-state index contributed by atoms with van der Waals surface area (Å²) in [6.45, 7) is 3.75. The van der Waals surface area contributed by atoms with E-state index in [0.29, 0.717) is 40.2 Å². The second kappa shape index (κ2) is 10.5. The van der Waals surface area contributed by atoms with Gasteiger partial charge in [-0.2, -0.15) is 0 Å². The van der Waals surface area contributed by atoms with Gasteiger partial charge in [-0.05, 0) is 67.3 Å². The predicted octanol–water partition coefficient (Wildman–Crippen LogP) is 4.89. The molecule has 5 N–H and O–H groups in total. The number of aryl methyl sites for hydroxylation is 1. The number of hydrogen-bond acceptors (Lipinski definition) is 4. The van der Waals surface area contributed by atoms with Gasteiger partial charge in [0.15, 0.2) is 0 Å². The van der Waals surface area contributed by atoms with E-state index in [1.54, 1.807) is 24.3 Å². The zero-order valence-corrected chi connectivity index (χ0v) is 21.6. The standard InChI is InChI=1S/C30H25FN4O5/c1-15-20(9-10-27(36)37)16(2)33-25(15)12-22-21-8-7-19(11-26(21)35-29(22)39)34-30(40)24-14-32-13-23(28(24)38)17-3-5-18(31)6-4-17/h3-8,11-14,33H,9-10H2,1-2H3,(H,32,38)(H,34,40)(H,35,39)(H,36,37)/b22-12-. The number of carbonyl (C=O) groups excluding carboxylic acids is 2. The van der Waals surface area contributed by atoms with Crippen molar-refractivity contribution in [1.82, 2.24) is 9.97 Å². The number of aromatic nitrogens is 2. The Bertz CT molecular complexity index is 1770. The number of rotatable bonds is 7. The molecule has 40 heavy (non-hydrogen) atoms. The summed E-state index contributed by atoms with van der Waals surface area (Å²) in [6.07, 6.45) is 4.87. The molecule has 2 aromatic carbocycles. The van der Waals surface area contributed by atoms with Gasteiger partial charge in [0.1, 0.15) is 11.4 Å². The molecule has 2 aromatic heterocycles. The summed E-state index contributed by atoms with van der Waals surface area (Å²) in [7, 11) is 0. The lowest BCUT2D eigenvalue weighted by Crippen LogP contribution is -2.22. The van der Waals surface area contributed by atoms with Gasteiger partial charge < -0.3 is 25.7 Å². The molecule has 0 saturated heterocycles. The number of H-pyrrole nitrogens is 2. The van der Waals surface area contributed by atoms with E-state index >= 15 is 0 Å². The number of carbonyl (C=O) groups is 3. The maximum atomic E-state index is 13.3. The van der Waals surface area contributed by atoms with Crippen LogP contribution in [0.1, 0.15) is 44.9 Å². The second-order valence-corrected chi connectivity index (χ2v) is 9.51.